The van der Waals surface area contributed by atoms with E-state index in [0.29, 0.717) is 37.7 Å². The first-order chi connectivity index (χ1) is 21.1. The Balaban J connectivity index is 1.67. The van der Waals surface area contributed by atoms with Crippen LogP contribution in [0.2, 0.25) is 0 Å². The molecule has 238 valence electrons. The molecule has 3 N–H and O–H groups in total. The van der Waals surface area contributed by atoms with Crippen molar-refractivity contribution in [2.75, 3.05) is 32.8 Å². The second kappa shape index (κ2) is 15.4. The normalized spacial score (nSPS) is 17.6. The summed E-state index contributed by atoms with van der Waals surface area (Å²) < 4.78 is 40.4. The third-order valence-electron chi connectivity index (χ3n) is 7.53. The van der Waals surface area contributed by atoms with Crippen LogP contribution in [-0.2, 0) is 26.0 Å². The van der Waals surface area contributed by atoms with Gasteiger partial charge in [-0.05, 0) is 49.4 Å². The second-order valence-electron chi connectivity index (χ2n) is 11.4. The standard InChI is InChI=1S/C32H42N4O7S/c1-4-5-13-31(38)36(34-32(39)26-12-9-16-33-26)27(19-24-10-7-6-8-11-24)28(37)22-35(21-23(2)3)44(40,41)25-14-15-29-30(20-25)43-18-17-42-29/h1,6-8,10-11,14-15,20,23,26-28,33,37H,5,9,12-13,16-19,21-22H2,2-3H3,(H,34,39)/t26?,27?,28-/m1/s1. The summed E-state index contributed by atoms with van der Waals surface area (Å²) in [5.41, 5.74) is 3.54. The van der Waals surface area contributed by atoms with Gasteiger partial charge in [-0.25, -0.2) is 13.4 Å². The first kappa shape index (κ1) is 33.3. The van der Waals surface area contributed by atoms with Crippen LogP contribution >= 0.6 is 0 Å². The molecule has 1 saturated heterocycles. The topological polar surface area (TPSA) is 138 Å². The number of nitrogens with zero attached hydrogens (tertiary/aromatic N) is 2. The number of terminal acetylenes is 1. The predicted molar refractivity (Wildman–Crippen MR) is 165 cm³/mol. The van der Waals surface area contributed by atoms with Gasteiger partial charge in [0.05, 0.1) is 23.1 Å². The number of carbonyl (C=O) groups is 2. The Labute approximate surface area is 259 Å². The maximum atomic E-state index is 14.0. The number of aliphatic hydroxyl groups excluding tert-OH is 1. The molecule has 2 aliphatic rings. The van der Waals surface area contributed by atoms with Crippen molar-refractivity contribution in [3.63, 3.8) is 0 Å². The summed E-state index contributed by atoms with van der Waals surface area (Å²) in [6.45, 7) is 4.89. The Bertz CT molecular complexity index is 1420. The highest BCUT2D eigenvalue weighted by Crippen LogP contribution is 2.33. The van der Waals surface area contributed by atoms with Crippen LogP contribution in [0.25, 0.3) is 0 Å². The van der Waals surface area contributed by atoms with Crippen molar-refractivity contribution in [2.24, 2.45) is 5.92 Å². The second-order valence-corrected chi connectivity index (χ2v) is 13.4. The summed E-state index contributed by atoms with van der Waals surface area (Å²) in [5, 5.41) is 16.1. The van der Waals surface area contributed by atoms with Gasteiger partial charge >= 0.3 is 0 Å². The summed E-state index contributed by atoms with van der Waals surface area (Å²) in [7, 11) is -4.12. The number of aliphatic hydroxyl groups is 1. The van der Waals surface area contributed by atoms with Crippen molar-refractivity contribution in [3.05, 3.63) is 54.1 Å². The quantitative estimate of drug-likeness (QED) is 0.227. The van der Waals surface area contributed by atoms with Crippen LogP contribution in [0.5, 0.6) is 11.5 Å². The van der Waals surface area contributed by atoms with E-state index in [1.807, 2.05) is 44.2 Å². The van der Waals surface area contributed by atoms with Crippen LogP contribution in [0.1, 0.15) is 45.1 Å². The molecule has 0 radical (unpaired) electrons. The summed E-state index contributed by atoms with van der Waals surface area (Å²) >= 11 is 0. The average Bonchev–Trinajstić information content (AvgIpc) is 3.56. The summed E-state index contributed by atoms with van der Waals surface area (Å²) in [4.78, 5) is 26.8. The van der Waals surface area contributed by atoms with Crippen LogP contribution in [0, 0.1) is 18.3 Å². The molecule has 11 nitrogen and oxygen atoms in total. The molecule has 3 atom stereocenters. The molecule has 44 heavy (non-hydrogen) atoms. The van der Waals surface area contributed by atoms with Crippen molar-refractivity contribution in [1.29, 1.82) is 0 Å². The van der Waals surface area contributed by atoms with Gasteiger partial charge in [0, 0.05) is 32.0 Å². The van der Waals surface area contributed by atoms with Gasteiger partial charge in [0.25, 0.3) is 5.91 Å². The van der Waals surface area contributed by atoms with E-state index in [4.69, 9.17) is 15.9 Å². The molecule has 4 rings (SSSR count). The molecule has 12 heteroatoms. The van der Waals surface area contributed by atoms with Gasteiger partial charge in [0.1, 0.15) is 13.2 Å². The fourth-order valence-electron chi connectivity index (χ4n) is 5.33. The Morgan fingerprint density at radius 3 is 2.50 bits per heavy atom. The number of fused-ring (bicyclic) bond motifs is 1. The van der Waals surface area contributed by atoms with Crippen molar-refractivity contribution >= 4 is 21.8 Å². The lowest BCUT2D eigenvalue weighted by molar-refractivity contribution is -0.148. The zero-order valence-corrected chi connectivity index (χ0v) is 26.1. The average molecular weight is 627 g/mol. The number of benzene rings is 2. The minimum Gasteiger partial charge on any atom is -0.486 e. The fraction of sp³-hybridized carbons (Fsp3) is 0.500. The number of sulfonamides is 1. The highest BCUT2D eigenvalue weighted by molar-refractivity contribution is 7.89. The number of hydrogen-bond donors (Lipinski definition) is 3. The van der Waals surface area contributed by atoms with Crippen molar-refractivity contribution in [2.45, 2.75) is 69.0 Å². The first-order valence-corrected chi connectivity index (χ1v) is 16.4. The first-order valence-electron chi connectivity index (χ1n) is 15.0. The van der Waals surface area contributed by atoms with Crippen molar-refractivity contribution in [3.8, 4) is 23.8 Å². The van der Waals surface area contributed by atoms with Gasteiger partial charge in [-0.3, -0.25) is 15.0 Å². The molecule has 0 aromatic heterocycles. The highest BCUT2D eigenvalue weighted by Gasteiger charge is 2.37. The molecule has 2 amide bonds. The van der Waals surface area contributed by atoms with E-state index in [-0.39, 0.29) is 43.2 Å². The molecular formula is C32H42N4O7S. The monoisotopic (exact) mass is 626 g/mol. The highest BCUT2D eigenvalue weighted by atomic mass is 32.2. The zero-order valence-electron chi connectivity index (χ0n) is 25.3. The van der Waals surface area contributed by atoms with Crippen LogP contribution in [0.4, 0.5) is 0 Å². The molecule has 2 heterocycles. The molecule has 2 unspecified atom stereocenters. The number of carbonyl (C=O) groups excluding carboxylic acids is 2. The zero-order chi connectivity index (χ0) is 31.7. The number of amides is 2. The van der Waals surface area contributed by atoms with Crippen LogP contribution < -0.4 is 20.2 Å². The molecule has 2 aliphatic heterocycles. The number of hydrogen-bond acceptors (Lipinski definition) is 8. The van der Waals surface area contributed by atoms with E-state index in [0.717, 1.165) is 17.0 Å². The number of ether oxygens (including phenoxy) is 2. The van der Waals surface area contributed by atoms with Crippen LogP contribution in [-0.4, -0.2) is 85.7 Å². The lowest BCUT2D eigenvalue weighted by atomic mass is 9.99. The summed E-state index contributed by atoms with van der Waals surface area (Å²) in [6.07, 6.45) is 5.72. The van der Waals surface area contributed by atoms with Crippen LogP contribution in [0.15, 0.2) is 53.4 Å². The largest absolute Gasteiger partial charge is 0.486 e. The van der Waals surface area contributed by atoms with Crippen LogP contribution in [0.3, 0.4) is 0 Å². The molecule has 0 aliphatic carbocycles. The fourth-order valence-corrected chi connectivity index (χ4v) is 6.97. The van der Waals surface area contributed by atoms with Crippen molar-refractivity contribution < 1.29 is 32.6 Å². The minimum absolute atomic E-state index is 0.00299. The molecule has 0 saturated carbocycles. The molecule has 1 fully saturated rings. The van der Waals surface area contributed by atoms with Gasteiger partial charge in [0.15, 0.2) is 11.5 Å². The van der Waals surface area contributed by atoms with E-state index in [1.54, 1.807) is 6.07 Å². The van der Waals surface area contributed by atoms with E-state index >= 15 is 0 Å². The van der Waals surface area contributed by atoms with E-state index < -0.39 is 40.0 Å². The number of rotatable bonds is 13. The van der Waals surface area contributed by atoms with Crippen molar-refractivity contribution in [1.82, 2.24) is 20.1 Å². The van der Waals surface area contributed by atoms with E-state index in [1.165, 1.54) is 16.4 Å². The summed E-state index contributed by atoms with van der Waals surface area (Å²) in [5.74, 6) is 2.29. The van der Waals surface area contributed by atoms with Gasteiger partial charge in [-0.2, -0.15) is 4.31 Å². The maximum absolute atomic E-state index is 14.0. The number of hydrazine groups is 1. The molecular weight excluding hydrogens is 584 g/mol. The Morgan fingerprint density at radius 2 is 1.84 bits per heavy atom. The molecule has 2 aromatic carbocycles. The third-order valence-corrected chi connectivity index (χ3v) is 9.36. The maximum Gasteiger partial charge on any atom is 0.255 e. The van der Waals surface area contributed by atoms with Gasteiger partial charge < -0.3 is 19.9 Å². The van der Waals surface area contributed by atoms with E-state index in [2.05, 4.69) is 16.7 Å². The molecule has 0 bridgehead atoms. The lowest BCUT2D eigenvalue weighted by Gasteiger charge is -2.37. The van der Waals surface area contributed by atoms with Gasteiger partial charge in [-0.1, -0.05) is 44.2 Å². The van der Waals surface area contributed by atoms with Gasteiger partial charge in [0.2, 0.25) is 15.9 Å². The van der Waals surface area contributed by atoms with Gasteiger partial charge in [-0.15, -0.1) is 12.3 Å². The SMILES string of the molecule is C#CCCC(=O)N(NC(=O)C1CCCN1)C(Cc1ccccc1)[C@H](O)CN(CC(C)C)S(=O)(=O)c1ccc2c(c1)OCCO2. The third kappa shape index (κ3) is 8.51. The minimum atomic E-state index is -4.12. The Kier molecular flexibility index (Phi) is 11.6. The van der Waals surface area contributed by atoms with E-state index in [9.17, 15) is 23.1 Å². The number of nitrogens with one attached hydrogen (secondary N) is 2. The summed E-state index contributed by atoms with van der Waals surface area (Å²) in [6, 6.07) is 12.2. The molecule has 2 aromatic rings. The predicted octanol–water partition coefficient (Wildman–Crippen LogP) is 2.10. The Hall–Kier alpha value is -3.63. The molecule has 0 spiro atoms. The Morgan fingerprint density at radius 1 is 1.11 bits per heavy atom. The smallest absolute Gasteiger partial charge is 0.255 e. The lowest BCUT2D eigenvalue weighted by Crippen LogP contribution is -2.61.